The van der Waals surface area contributed by atoms with Crippen molar-refractivity contribution in [2.45, 2.75) is 33.2 Å². The van der Waals surface area contributed by atoms with Gasteiger partial charge >= 0.3 is 11.9 Å². The summed E-state index contributed by atoms with van der Waals surface area (Å²) in [7, 11) is 0. The van der Waals surface area contributed by atoms with Gasteiger partial charge in [0.25, 0.3) is 5.56 Å². The second-order valence-electron chi connectivity index (χ2n) is 6.71. The van der Waals surface area contributed by atoms with Crippen molar-refractivity contribution in [3.8, 4) is 0 Å². The van der Waals surface area contributed by atoms with Crippen LogP contribution in [0.5, 0.6) is 0 Å². The summed E-state index contributed by atoms with van der Waals surface area (Å²) >= 11 is 0.925. The van der Waals surface area contributed by atoms with Gasteiger partial charge in [0.2, 0.25) is 5.91 Å². The molecular formula is C21H21N3O6S. The molecule has 0 aliphatic carbocycles. The number of carboxylic acid groups (broad SMARTS) is 1. The lowest BCUT2D eigenvalue weighted by atomic mass is 10.1. The van der Waals surface area contributed by atoms with Crippen LogP contribution in [-0.2, 0) is 9.53 Å². The minimum atomic E-state index is -1.13. The molecule has 0 radical (unpaired) electrons. The number of rotatable bonds is 7. The van der Waals surface area contributed by atoms with Gasteiger partial charge in [-0.2, -0.15) is 0 Å². The fraction of sp³-hybridized carbons (Fsp3) is 0.286. The van der Waals surface area contributed by atoms with E-state index >= 15 is 0 Å². The molecule has 162 valence electrons. The Balaban J connectivity index is 1.94. The van der Waals surface area contributed by atoms with Crippen molar-refractivity contribution < 1.29 is 24.2 Å². The van der Waals surface area contributed by atoms with Crippen LogP contribution < -0.4 is 10.9 Å². The lowest BCUT2D eigenvalue weighted by Gasteiger charge is -2.18. The van der Waals surface area contributed by atoms with Gasteiger partial charge in [-0.15, -0.1) is 11.3 Å². The quantitative estimate of drug-likeness (QED) is 0.537. The molecule has 9 nitrogen and oxygen atoms in total. The van der Waals surface area contributed by atoms with Crippen molar-refractivity contribution in [1.82, 2.24) is 9.55 Å². The third-order valence-electron chi connectivity index (χ3n) is 4.74. The topological polar surface area (TPSA) is 128 Å². The molecule has 1 aromatic carbocycles. The molecule has 3 rings (SSSR count). The van der Waals surface area contributed by atoms with Crippen LogP contribution in [0.15, 0.2) is 35.4 Å². The van der Waals surface area contributed by atoms with Gasteiger partial charge in [0.15, 0.2) is 0 Å². The van der Waals surface area contributed by atoms with Crippen LogP contribution in [0.2, 0.25) is 0 Å². The zero-order chi connectivity index (χ0) is 22.7. The molecule has 1 atom stereocenters. The Hall–Kier alpha value is -3.53. The number of amides is 1. The highest BCUT2D eigenvalue weighted by molar-refractivity contribution is 7.20. The molecule has 31 heavy (non-hydrogen) atoms. The van der Waals surface area contributed by atoms with Crippen LogP contribution in [0.4, 0.5) is 5.69 Å². The zero-order valence-corrected chi connectivity index (χ0v) is 18.0. The van der Waals surface area contributed by atoms with E-state index in [2.05, 4.69) is 10.3 Å². The highest BCUT2D eigenvalue weighted by Gasteiger charge is 2.24. The lowest BCUT2D eigenvalue weighted by Crippen LogP contribution is -2.33. The number of ether oxygens (including phenoxy) is 1. The van der Waals surface area contributed by atoms with Gasteiger partial charge in [-0.1, -0.05) is 13.0 Å². The Kier molecular flexibility index (Phi) is 6.50. The maximum absolute atomic E-state index is 13.1. The number of aryl methyl sites for hydroxylation is 1. The molecule has 0 saturated carbocycles. The van der Waals surface area contributed by atoms with Crippen LogP contribution >= 0.6 is 11.3 Å². The number of anilines is 1. The minimum Gasteiger partial charge on any atom is -0.477 e. The third-order valence-corrected chi connectivity index (χ3v) is 5.92. The molecule has 0 aliphatic heterocycles. The number of hydrogen-bond donors (Lipinski definition) is 2. The number of benzene rings is 1. The van der Waals surface area contributed by atoms with E-state index in [9.17, 15) is 24.3 Å². The molecule has 10 heteroatoms. The second kappa shape index (κ2) is 9.09. The van der Waals surface area contributed by atoms with Crippen LogP contribution in [0.25, 0.3) is 10.2 Å². The van der Waals surface area contributed by atoms with Crippen LogP contribution in [-0.4, -0.2) is 39.1 Å². The van der Waals surface area contributed by atoms with Crippen molar-refractivity contribution >= 4 is 45.1 Å². The van der Waals surface area contributed by atoms with Gasteiger partial charge in [0, 0.05) is 5.69 Å². The van der Waals surface area contributed by atoms with E-state index in [-0.39, 0.29) is 16.9 Å². The first-order valence-corrected chi connectivity index (χ1v) is 10.4. The molecule has 3 aromatic rings. The van der Waals surface area contributed by atoms with Crippen molar-refractivity contribution in [2.24, 2.45) is 0 Å². The zero-order valence-electron chi connectivity index (χ0n) is 17.2. The molecule has 2 heterocycles. The first-order valence-electron chi connectivity index (χ1n) is 9.60. The van der Waals surface area contributed by atoms with E-state index in [4.69, 9.17) is 4.74 Å². The average Bonchev–Trinajstić information content (AvgIpc) is 3.08. The number of carbonyl (C=O) groups excluding carboxylic acids is 2. The predicted molar refractivity (Wildman–Crippen MR) is 116 cm³/mol. The van der Waals surface area contributed by atoms with Gasteiger partial charge in [-0.05, 0) is 44.0 Å². The lowest BCUT2D eigenvalue weighted by molar-refractivity contribution is -0.119. The fourth-order valence-electron chi connectivity index (χ4n) is 3.24. The molecule has 0 spiro atoms. The molecule has 0 aliphatic rings. The van der Waals surface area contributed by atoms with Crippen molar-refractivity contribution in [2.75, 3.05) is 11.9 Å². The molecule has 2 aromatic heterocycles. The van der Waals surface area contributed by atoms with Crippen LogP contribution in [0.1, 0.15) is 51.9 Å². The fourth-order valence-corrected chi connectivity index (χ4v) is 4.21. The molecule has 1 amide bonds. The first kappa shape index (κ1) is 22.2. The Morgan fingerprint density at radius 1 is 1.29 bits per heavy atom. The number of carboxylic acids is 1. The second-order valence-corrected chi connectivity index (χ2v) is 7.71. The molecule has 0 saturated heterocycles. The Morgan fingerprint density at radius 2 is 2.03 bits per heavy atom. The number of nitrogens with one attached hydrogen (secondary N) is 1. The standard InChI is InChI=1S/C21H21N3O6S/c1-4-14(17(25)23-13-8-6-7-12(9-13)21(29)30-5-2)24-10-22-18-15(19(24)26)11(3)16(31-18)20(27)28/h6-10,14H,4-5H2,1-3H3,(H,23,25)(H,27,28). The smallest absolute Gasteiger partial charge is 0.346 e. The van der Waals surface area contributed by atoms with E-state index in [1.807, 2.05) is 0 Å². The number of esters is 1. The number of nitrogens with zero attached hydrogens (tertiary/aromatic N) is 2. The normalized spacial score (nSPS) is 11.8. The average molecular weight is 443 g/mol. The van der Waals surface area contributed by atoms with E-state index in [1.165, 1.54) is 17.0 Å². The van der Waals surface area contributed by atoms with Gasteiger partial charge in [0.05, 0.1) is 23.9 Å². The molecule has 0 bridgehead atoms. The van der Waals surface area contributed by atoms with Crippen molar-refractivity contribution in [3.63, 3.8) is 0 Å². The molecule has 2 N–H and O–H groups in total. The van der Waals surface area contributed by atoms with Crippen molar-refractivity contribution in [3.05, 3.63) is 57.0 Å². The Morgan fingerprint density at radius 3 is 2.68 bits per heavy atom. The first-order chi connectivity index (χ1) is 14.8. The largest absolute Gasteiger partial charge is 0.477 e. The van der Waals surface area contributed by atoms with E-state index in [0.29, 0.717) is 28.1 Å². The van der Waals surface area contributed by atoms with Gasteiger partial charge in [-0.25, -0.2) is 14.6 Å². The Bertz CT molecular complexity index is 1230. The minimum absolute atomic E-state index is 0.0469. The summed E-state index contributed by atoms with van der Waals surface area (Å²) in [6, 6.07) is 5.44. The molecule has 0 fully saturated rings. The molecule has 1 unspecified atom stereocenters. The van der Waals surface area contributed by atoms with E-state index in [1.54, 1.807) is 39.0 Å². The maximum Gasteiger partial charge on any atom is 0.346 e. The summed E-state index contributed by atoms with van der Waals surface area (Å²) in [5, 5.41) is 12.2. The number of carbonyl (C=O) groups is 3. The number of aromatic carboxylic acids is 1. The van der Waals surface area contributed by atoms with Crippen molar-refractivity contribution in [1.29, 1.82) is 0 Å². The van der Waals surface area contributed by atoms with Gasteiger partial charge in [-0.3, -0.25) is 14.2 Å². The summed E-state index contributed by atoms with van der Waals surface area (Å²) in [4.78, 5) is 53.8. The summed E-state index contributed by atoms with van der Waals surface area (Å²) in [6.45, 7) is 5.24. The number of aromatic nitrogens is 2. The predicted octanol–water partition coefficient (Wildman–Crippen LogP) is 3.23. The van der Waals surface area contributed by atoms with Gasteiger partial charge < -0.3 is 15.2 Å². The summed E-state index contributed by atoms with van der Waals surface area (Å²) in [5.74, 6) is -2.09. The number of fused-ring (bicyclic) bond motifs is 1. The number of hydrogen-bond acceptors (Lipinski definition) is 7. The number of thiophene rings is 1. The highest BCUT2D eigenvalue weighted by Crippen LogP contribution is 2.27. The Labute approximate surface area is 181 Å². The van der Waals surface area contributed by atoms with Gasteiger partial charge in [0.1, 0.15) is 15.7 Å². The summed E-state index contributed by atoms with van der Waals surface area (Å²) in [5.41, 5.74) is 0.532. The third kappa shape index (κ3) is 4.33. The highest BCUT2D eigenvalue weighted by atomic mass is 32.1. The van der Waals surface area contributed by atoms with E-state index in [0.717, 1.165) is 11.3 Å². The summed E-state index contributed by atoms with van der Waals surface area (Å²) in [6.07, 6.45) is 1.56. The van der Waals surface area contributed by atoms with E-state index < -0.39 is 29.4 Å². The SMILES string of the molecule is CCOC(=O)c1cccc(NC(=O)C(CC)n2cnc3sc(C(=O)O)c(C)c3c2=O)c1. The maximum atomic E-state index is 13.1. The summed E-state index contributed by atoms with van der Waals surface area (Å²) < 4.78 is 6.17. The van der Waals surface area contributed by atoms with Crippen LogP contribution in [0.3, 0.4) is 0 Å². The monoisotopic (exact) mass is 443 g/mol. The van der Waals surface area contributed by atoms with Crippen LogP contribution in [0, 0.1) is 6.92 Å². The molecular weight excluding hydrogens is 422 g/mol.